The highest BCUT2D eigenvalue weighted by Crippen LogP contribution is 2.19. The van der Waals surface area contributed by atoms with E-state index < -0.39 is 0 Å². The number of aromatic nitrogens is 1. The second-order valence-corrected chi connectivity index (χ2v) is 3.47. The third kappa shape index (κ3) is 1.52. The predicted octanol–water partition coefficient (Wildman–Crippen LogP) is 0.802. The zero-order valence-corrected chi connectivity index (χ0v) is 7.15. The molecule has 0 atom stereocenters. The molecule has 3 nitrogen and oxygen atoms in total. The summed E-state index contributed by atoms with van der Waals surface area (Å²) in [6.07, 6.45) is 0.348. The highest BCUT2D eigenvalue weighted by atomic mass is 32.1. The molecule has 1 aliphatic rings. The normalized spacial score (nSPS) is 17.9. The fourth-order valence-electron chi connectivity index (χ4n) is 0.875. The Morgan fingerprint density at radius 1 is 1.73 bits per heavy atom. The molecule has 4 heteroatoms. The number of hydrogen-bond donors (Lipinski definition) is 1. The molecule has 1 fully saturated rings. The number of nitrogens with zero attached hydrogens (tertiary/aromatic N) is 1. The van der Waals surface area contributed by atoms with Crippen molar-refractivity contribution >= 4 is 11.3 Å². The maximum atomic E-state index is 5.52. The lowest BCUT2D eigenvalue weighted by molar-refractivity contribution is 0.141. The molecule has 1 aromatic rings. The molecule has 0 bridgehead atoms. The van der Waals surface area contributed by atoms with E-state index in [4.69, 9.17) is 4.74 Å². The first kappa shape index (κ1) is 7.06. The zero-order valence-electron chi connectivity index (χ0n) is 6.33. The summed E-state index contributed by atoms with van der Waals surface area (Å²) < 4.78 is 5.52. The number of hydrogen-bond acceptors (Lipinski definition) is 4. The van der Waals surface area contributed by atoms with Gasteiger partial charge in [0.15, 0.2) is 0 Å². The summed E-state index contributed by atoms with van der Waals surface area (Å²) in [5.74, 6) is 0. The molecule has 1 saturated heterocycles. The van der Waals surface area contributed by atoms with Crippen LogP contribution in [0.5, 0.6) is 5.19 Å². The third-order valence-electron chi connectivity index (χ3n) is 1.61. The summed E-state index contributed by atoms with van der Waals surface area (Å²) >= 11 is 1.57. The van der Waals surface area contributed by atoms with Gasteiger partial charge < -0.3 is 10.1 Å². The largest absolute Gasteiger partial charge is 0.464 e. The van der Waals surface area contributed by atoms with Gasteiger partial charge in [-0.25, -0.2) is 4.98 Å². The molecule has 0 unspecified atom stereocenters. The van der Waals surface area contributed by atoms with E-state index in [9.17, 15) is 0 Å². The van der Waals surface area contributed by atoms with Gasteiger partial charge in [-0.15, -0.1) is 0 Å². The summed E-state index contributed by atoms with van der Waals surface area (Å²) in [5.41, 5.74) is 1.04. The van der Waals surface area contributed by atoms with Crippen molar-refractivity contribution in [2.75, 3.05) is 13.1 Å². The van der Waals surface area contributed by atoms with E-state index in [1.54, 1.807) is 11.3 Å². The quantitative estimate of drug-likeness (QED) is 0.713. The van der Waals surface area contributed by atoms with Crippen LogP contribution in [0.25, 0.3) is 0 Å². The topological polar surface area (TPSA) is 34.1 Å². The van der Waals surface area contributed by atoms with Gasteiger partial charge in [0, 0.05) is 18.5 Å². The van der Waals surface area contributed by atoms with Gasteiger partial charge >= 0.3 is 0 Å². The van der Waals surface area contributed by atoms with Crippen molar-refractivity contribution in [1.29, 1.82) is 0 Å². The van der Waals surface area contributed by atoms with E-state index in [1.807, 2.05) is 12.3 Å². The van der Waals surface area contributed by atoms with Gasteiger partial charge in [0.2, 0.25) is 0 Å². The molecule has 0 aromatic carbocycles. The summed E-state index contributed by atoms with van der Waals surface area (Å²) in [6, 6.07) is 0. The molecule has 1 N–H and O–H groups in total. The lowest BCUT2D eigenvalue weighted by Crippen LogP contribution is -2.50. The summed E-state index contributed by atoms with van der Waals surface area (Å²) in [5, 5.41) is 5.94. The fraction of sp³-hybridized carbons (Fsp3) is 0.571. The summed E-state index contributed by atoms with van der Waals surface area (Å²) in [4.78, 5) is 4.20. The van der Waals surface area contributed by atoms with Crippen LogP contribution in [0.15, 0.2) is 5.38 Å². The minimum atomic E-state index is 0.348. The predicted molar refractivity (Wildman–Crippen MR) is 44.1 cm³/mol. The summed E-state index contributed by atoms with van der Waals surface area (Å²) in [7, 11) is 0. The first-order valence-corrected chi connectivity index (χ1v) is 4.52. The molecule has 1 aromatic heterocycles. The van der Waals surface area contributed by atoms with Crippen molar-refractivity contribution in [2.24, 2.45) is 0 Å². The monoisotopic (exact) mass is 170 g/mol. The first-order valence-electron chi connectivity index (χ1n) is 3.64. The minimum Gasteiger partial charge on any atom is -0.464 e. The van der Waals surface area contributed by atoms with Crippen LogP contribution in [0.3, 0.4) is 0 Å². The average Bonchev–Trinajstić information content (AvgIpc) is 2.27. The third-order valence-corrected chi connectivity index (χ3v) is 2.46. The summed E-state index contributed by atoms with van der Waals surface area (Å²) in [6.45, 7) is 3.89. The van der Waals surface area contributed by atoms with Gasteiger partial charge in [0.1, 0.15) is 6.10 Å². The van der Waals surface area contributed by atoms with Crippen LogP contribution in [-0.2, 0) is 0 Å². The van der Waals surface area contributed by atoms with Crippen LogP contribution in [0, 0.1) is 6.92 Å². The smallest absolute Gasteiger partial charge is 0.273 e. The van der Waals surface area contributed by atoms with Crippen LogP contribution in [0.2, 0.25) is 0 Å². The fourth-order valence-corrected chi connectivity index (χ4v) is 1.59. The number of ether oxygens (including phenoxy) is 1. The van der Waals surface area contributed by atoms with E-state index in [1.165, 1.54) is 0 Å². The molecule has 1 aliphatic heterocycles. The molecule has 2 heterocycles. The standard InChI is InChI=1S/C7H10N2OS/c1-5-4-11-7(9-5)10-6-2-8-3-6/h4,6,8H,2-3H2,1H3. The number of rotatable bonds is 2. The Hall–Kier alpha value is -0.610. The van der Waals surface area contributed by atoms with E-state index in [0.717, 1.165) is 24.0 Å². The Morgan fingerprint density at radius 2 is 2.55 bits per heavy atom. The van der Waals surface area contributed by atoms with Gasteiger partial charge in [0.25, 0.3) is 5.19 Å². The Morgan fingerprint density at radius 3 is 3.00 bits per heavy atom. The van der Waals surface area contributed by atoms with Gasteiger partial charge in [0.05, 0.1) is 5.69 Å². The van der Waals surface area contributed by atoms with E-state index >= 15 is 0 Å². The van der Waals surface area contributed by atoms with Gasteiger partial charge in [-0.05, 0) is 6.92 Å². The van der Waals surface area contributed by atoms with Gasteiger partial charge in [-0.3, -0.25) is 0 Å². The molecule has 0 amide bonds. The molecule has 11 heavy (non-hydrogen) atoms. The number of nitrogens with one attached hydrogen (secondary N) is 1. The van der Waals surface area contributed by atoms with E-state index in [0.29, 0.717) is 6.10 Å². The zero-order chi connectivity index (χ0) is 7.68. The van der Waals surface area contributed by atoms with Crippen LogP contribution in [-0.4, -0.2) is 24.2 Å². The first-order chi connectivity index (χ1) is 5.34. The van der Waals surface area contributed by atoms with Crippen LogP contribution >= 0.6 is 11.3 Å². The Balaban J connectivity index is 1.95. The molecule has 0 radical (unpaired) electrons. The molecule has 0 spiro atoms. The van der Waals surface area contributed by atoms with Crippen LogP contribution < -0.4 is 10.1 Å². The van der Waals surface area contributed by atoms with Crippen molar-refractivity contribution < 1.29 is 4.74 Å². The van der Waals surface area contributed by atoms with Gasteiger partial charge in [-0.1, -0.05) is 11.3 Å². The van der Waals surface area contributed by atoms with Crippen LogP contribution in [0.1, 0.15) is 5.69 Å². The molecule has 60 valence electrons. The molecular formula is C7H10N2OS. The Labute approximate surface area is 69.4 Å². The van der Waals surface area contributed by atoms with Crippen molar-refractivity contribution in [1.82, 2.24) is 10.3 Å². The average molecular weight is 170 g/mol. The highest BCUT2D eigenvalue weighted by Gasteiger charge is 2.19. The molecular weight excluding hydrogens is 160 g/mol. The second-order valence-electron chi connectivity index (χ2n) is 2.65. The maximum absolute atomic E-state index is 5.52. The SMILES string of the molecule is Cc1csc(OC2CNC2)n1. The molecule has 0 saturated carbocycles. The Bertz CT molecular complexity index is 244. The second kappa shape index (κ2) is 2.79. The lowest BCUT2D eigenvalue weighted by Gasteiger charge is -2.26. The van der Waals surface area contributed by atoms with Crippen molar-refractivity contribution in [3.63, 3.8) is 0 Å². The highest BCUT2D eigenvalue weighted by molar-refractivity contribution is 7.11. The lowest BCUT2D eigenvalue weighted by atomic mass is 10.2. The number of thiazole rings is 1. The van der Waals surface area contributed by atoms with Crippen molar-refractivity contribution in [2.45, 2.75) is 13.0 Å². The van der Waals surface area contributed by atoms with Crippen molar-refractivity contribution in [3.8, 4) is 5.19 Å². The van der Waals surface area contributed by atoms with Crippen molar-refractivity contribution in [3.05, 3.63) is 11.1 Å². The number of aryl methyl sites for hydroxylation is 1. The van der Waals surface area contributed by atoms with Gasteiger partial charge in [-0.2, -0.15) is 0 Å². The van der Waals surface area contributed by atoms with E-state index in [2.05, 4.69) is 10.3 Å². The van der Waals surface area contributed by atoms with E-state index in [-0.39, 0.29) is 0 Å². The molecule has 0 aliphatic carbocycles. The van der Waals surface area contributed by atoms with Crippen LogP contribution in [0.4, 0.5) is 0 Å². The molecule has 2 rings (SSSR count). The Kier molecular flexibility index (Phi) is 1.79. The maximum Gasteiger partial charge on any atom is 0.273 e. The minimum absolute atomic E-state index is 0.348.